The number of benzene rings is 2. The largest absolute Gasteiger partial charge is 0.493 e. The van der Waals surface area contributed by atoms with Gasteiger partial charge in [0, 0.05) is 31.4 Å². The maximum absolute atomic E-state index is 5.47. The van der Waals surface area contributed by atoms with E-state index in [0.717, 1.165) is 34.3 Å². The molecule has 0 aliphatic rings. The molecule has 0 aliphatic carbocycles. The summed E-state index contributed by atoms with van der Waals surface area (Å²) in [4.78, 5) is 4.42. The van der Waals surface area contributed by atoms with Crippen LogP contribution in [0.3, 0.4) is 0 Å². The van der Waals surface area contributed by atoms with Gasteiger partial charge in [-0.05, 0) is 48.4 Å². The van der Waals surface area contributed by atoms with Crippen LogP contribution in [0.5, 0.6) is 11.5 Å². The van der Waals surface area contributed by atoms with Gasteiger partial charge in [0.2, 0.25) is 0 Å². The molecule has 1 atom stereocenters. The Morgan fingerprint density at radius 1 is 1.09 bits per heavy atom. The molecule has 0 saturated carbocycles. The summed E-state index contributed by atoms with van der Waals surface area (Å²) in [6.07, 6.45) is 3.72. The molecule has 3 aromatic rings. The van der Waals surface area contributed by atoms with Crippen molar-refractivity contribution in [3.8, 4) is 17.2 Å². The minimum Gasteiger partial charge on any atom is -0.493 e. The van der Waals surface area contributed by atoms with Crippen LogP contribution in [0.4, 0.5) is 0 Å². The lowest BCUT2D eigenvalue weighted by Crippen LogP contribution is -2.44. The van der Waals surface area contributed by atoms with Crippen LogP contribution in [-0.4, -0.2) is 43.6 Å². The highest BCUT2D eigenvalue weighted by Gasteiger charge is 2.23. The zero-order valence-electron chi connectivity index (χ0n) is 20.1. The number of guanidine groups is 1. The van der Waals surface area contributed by atoms with E-state index in [1.165, 1.54) is 0 Å². The van der Waals surface area contributed by atoms with E-state index in [1.807, 2.05) is 41.2 Å². The second-order valence-corrected chi connectivity index (χ2v) is 8.29. The summed E-state index contributed by atoms with van der Waals surface area (Å²) in [5, 5.41) is 11.3. The first-order valence-electron chi connectivity index (χ1n) is 10.7. The molecule has 1 aromatic heterocycles. The van der Waals surface area contributed by atoms with E-state index >= 15 is 0 Å². The maximum Gasteiger partial charge on any atom is 0.191 e. The van der Waals surface area contributed by atoms with Gasteiger partial charge < -0.3 is 20.1 Å². The molecule has 0 saturated heterocycles. The molecule has 1 unspecified atom stereocenters. The number of aliphatic imine (C=N–C) groups is 1. The Morgan fingerprint density at radius 2 is 1.85 bits per heavy atom. The molecule has 8 heteroatoms. The molecule has 178 valence electrons. The Morgan fingerprint density at radius 3 is 2.48 bits per heavy atom. The zero-order valence-corrected chi connectivity index (χ0v) is 22.5. The Bertz CT molecular complexity index is 1050. The summed E-state index contributed by atoms with van der Waals surface area (Å²) >= 11 is 0. The SMILES string of the molecule is CN=C(NCC(C)(C)c1ccc(OC)c(OC)c1)NC(C)c1cccc(-n2cccn2)c1.I. The van der Waals surface area contributed by atoms with Crippen molar-refractivity contribution in [2.45, 2.75) is 32.2 Å². The first kappa shape index (κ1) is 26.5. The molecule has 0 aliphatic heterocycles. The van der Waals surface area contributed by atoms with Crippen LogP contribution in [0.25, 0.3) is 5.69 Å². The van der Waals surface area contributed by atoms with Crippen LogP contribution in [-0.2, 0) is 5.41 Å². The first-order valence-corrected chi connectivity index (χ1v) is 10.7. The molecule has 33 heavy (non-hydrogen) atoms. The van der Waals surface area contributed by atoms with E-state index < -0.39 is 0 Å². The maximum atomic E-state index is 5.47. The third-order valence-electron chi connectivity index (χ3n) is 5.58. The van der Waals surface area contributed by atoms with Crippen molar-refractivity contribution in [2.24, 2.45) is 4.99 Å². The molecule has 0 radical (unpaired) electrons. The summed E-state index contributed by atoms with van der Waals surface area (Å²) in [5.41, 5.74) is 3.18. The summed E-state index contributed by atoms with van der Waals surface area (Å²) in [6, 6.07) is 16.3. The van der Waals surface area contributed by atoms with Crippen molar-refractivity contribution in [1.82, 2.24) is 20.4 Å². The number of methoxy groups -OCH3 is 2. The van der Waals surface area contributed by atoms with Crippen molar-refractivity contribution in [1.29, 1.82) is 0 Å². The van der Waals surface area contributed by atoms with Gasteiger partial charge in [-0.2, -0.15) is 5.10 Å². The van der Waals surface area contributed by atoms with E-state index in [9.17, 15) is 0 Å². The Balaban J connectivity index is 0.00000385. The lowest BCUT2D eigenvalue weighted by Gasteiger charge is -2.28. The van der Waals surface area contributed by atoms with Gasteiger partial charge in [0.25, 0.3) is 0 Å². The zero-order chi connectivity index (χ0) is 23.1. The lowest BCUT2D eigenvalue weighted by molar-refractivity contribution is 0.353. The van der Waals surface area contributed by atoms with Crippen molar-refractivity contribution in [3.63, 3.8) is 0 Å². The van der Waals surface area contributed by atoms with Gasteiger partial charge in [-0.15, -0.1) is 24.0 Å². The van der Waals surface area contributed by atoms with Crippen LogP contribution in [0, 0.1) is 0 Å². The van der Waals surface area contributed by atoms with Gasteiger partial charge in [-0.25, -0.2) is 4.68 Å². The third-order valence-corrected chi connectivity index (χ3v) is 5.58. The average Bonchev–Trinajstić information content (AvgIpc) is 3.36. The lowest BCUT2D eigenvalue weighted by atomic mass is 9.84. The van der Waals surface area contributed by atoms with E-state index in [0.29, 0.717) is 6.54 Å². The van der Waals surface area contributed by atoms with Crippen molar-refractivity contribution < 1.29 is 9.47 Å². The molecule has 2 aromatic carbocycles. The summed E-state index contributed by atoms with van der Waals surface area (Å²) < 4.78 is 12.7. The number of hydrogen-bond acceptors (Lipinski definition) is 4. The van der Waals surface area contributed by atoms with Gasteiger partial charge >= 0.3 is 0 Å². The van der Waals surface area contributed by atoms with Gasteiger partial charge in [0.05, 0.1) is 25.9 Å². The highest BCUT2D eigenvalue weighted by molar-refractivity contribution is 14.0. The van der Waals surface area contributed by atoms with Crippen molar-refractivity contribution >= 4 is 29.9 Å². The number of nitrogens with one attached hydrogen (secondary N) is 2. The van der Waals surface area contributed by atoms with Crippen molar-refractivity contribution in [3.05, 3.63) is 72.1 Å². The number of aromatic nitrogens is 2. The van der Waals surface area contributed by atoms with Gasteiger partial charge in [-0.3, -0.25) is 4.99 Å². The normalized spacial score (nSPS) is 12.5. The summed E-state index contributed by atoms with van der Waals surface area (Å²) in [6.45, 7) is 7.19. The van der Waals surface area contributed by atoms with Gasteiger partial charge in [-0.1, -0.05) is 32.0 Å². The quantitative estimate of drug-likeness (QED) is 0.236. The molecule has 0 amide bonds. The van der Waals surface area contributed by atoms with Crippen LogP contribution in [0.15, 0.2) is 65.9 Å². The molecule has 1 heterocycles. The monoisotopic (exact) mass is 563 g/mol. The molecule has 7 nitrogen and oxygen atoms in total. The minimum absolute atomic E-state index is 0. The number of hydrogen-bond donors (Lipinski definition) is 2. The second kappa shape index (κ2) is 11.9. The number of rotatable bonds is 8. The number of nitrogens with zero attached hydrogens (tertiary/aromatic N) is 3. The van der Waals surface area contributed by atoms with Gasteiger partial charge in [0.15, 0.2) is 17.5 Å². The predicted molar refractivity (Wildman–Crippen MR) is 144 cm³/mol. The number of ether oxygens (including phenoxy) is 2. The second-order valence-electron chi connectivity index (χ2n) is 8.29. The summed E-state index contributed by atoms with van der Waals surface area (Å²) in [7, 11) is 5.08. The topological polar surface area (TPSA) is 72.7 Å². The van der Waals surface area contributed by atoms with Crippen LogP contribution < -0.4 is 20.1 Å². The Hall–Kier alpha value is -2.75. The average molecular weight is 563 g/mol. The fraction of sp³-hybridized carbons (Fsp3) is 0.360. The Kier molecular flexibility index (Phi) is 9.57. The molecule has 0 bridgehead atoms. The van der Waals surface area contributed by atoms with E-state index in [1.54, 1.807) is 27.5 Å². The van der Waals surface area contributed by atoms with E-state index in [4.69, 9.17) is 9.47 Å². The third kappa shape index (κ3) is 6.63. The fourth-order valence-electron chi connectivity index (χ4n) is 3.51. The predicted octanol–water partition coefficient (Wildman–Crippen LogP) is 4.71. The summed E-state index contributed by atoms with van der Waals surface area (Å²) in [5.74, 6) is 2.20. The Labute approximate surface area is 213 Å². The molecule has 0 spiro atoms. The molecular weight excluding hydrogens is 529 g/mol. The van der Waals surface area contributed by atoms with Crippen LogP contribution in [0.1, 0.15) is 37.9 Å². The van der Waals surface area contributed by atoms with Gasteiger partial charge in [0.1, 0.15) is 0 Å². The highest BCUT2D eigenvalue weighted by atomic mass is 127. The standard InChI is InChI=1S/C25H33N5O2.HI/c1-18(19-9-7-10-21(15-19)30-14-8-13-28-30)29-24(26-4)27-17-25(2,3)20-11-12-22(31-5)23(16-20)32-6;/h7-16,18H,17H2,1-6H3,(H2,26,27,29);1H. The van der Waals surface area contributed by atoms with Crippen LogP contribution in [0.2, 0.25) is 0 Å². The van der Waals surface area contributed by atoms with E-state index in [-0.39, 0.29) is 35.4 Å². The molecule has 0 fully saturated rings. The van der Waals surface area contributed by atoms with E-state index in [2.05, 4.69) is 59.7 Å². The fourth-order valence-corrected chi connectivity index (χ4v) is 3.51. The van der Waals surface area contributed by atoms with Crippen molar-refractivity contribution in [2.75, 3.05) is 27.8 Å². The molecular formula is C25H34IN5O2. The highest BCUT2D eigenvalue weighted by Crippen LogP contribution is 2.32. The minimum atomic E-state index is -0.152. The number of halogens is 1. The van der Waals surface area contributed by atoms with Crippen LogP contribution >= 0.6 is 24.0 Å². The smallest absolute Gasteiger partial charge is 0.191 e. The molecule has 2 N–H and O–H groups in total. The first-order chi connectivity index (χ1) is 15.4. The molecule has 3 rings (SSSR count).